The standard InChI is InChI=1S/C24H25N5O3S/c1-14-20(22(30)29-18-10-5-6-11-19(18)32-3)21(17(13-25)23(27-14)33-4)15-8-7-9-16(12-15)28-24(31)26-2/h5-12,21H,1-4H3,(H4,26,27,28,29,30,31)/p-2. The number of hydrogen-bond donors (Lipinski definition) is 2. The number of rotatable bonds is 6. The second kappa shape index (κ2) is 10.6. The molecule has 33 heavy (non-hydrogen) atoms. The quantitative estimate of drug-likeness (QED) is 0.584. The summed E-state index contributed by atoms with van der Waals surface area (Å²) in [6.45, 7) is 1.79. The molecule has 9 heteroatoms. The van der Waals surface area contributed by atoms with E-state index < -0.39 is 11.9 Å². The molecule has 1 aliphatic heterocycles. The van der Waals surface area contributed by atoms with E-state index in [1.54, 1.807) is 43.3 Å². The van der Waals surface area contributed by atoms with Crippen LogP contribution in [0.5, 0.6) is 5.75 Å². The van der Waals surface area contributed by atoms with Gasteiger partial charge in [0, 0.05) is 11.3 Å². The average Bonchev–Trinajstić information content (AvgIpc) is 2.83. The molecule has 0 fully saturated rings. The number of nitrogens with one attached hydrogen (secondary N) is 2. The fourth-order valence-electron chi connectivity index (χ4n) is 3.58. The molecular formula is C24H23N5O3S-2. The van der Waals surface area contributed by atoms with Crippen molar-refractivity contribution >= 4 is 35.1 Å². The highest BCUT2D eigenvalue weighted by atomic mass is 32.2. The predicted molar refractivity (Wildman–Crippen MR) is 130 cm³/mol. The Balaban J connectivity index is 2.08. The Morgan fingerprint density at radius 3 is 2.64 bits per heavy atom. The molecule has 1 unspecified atom stereocenters. The molecule has 2 aromatic carbocycles. The van der Waals surface area contributed by atoms with Crippen molar-refractivity contribution < 1.29 is 14.3 Å². The lowest BCUT2D eigenvalue weighted by atomic mass is 9.82. The van der Waals surface area contributed by atoms with E-state index >= 15 is 0 Å². The molecule has 0 spiro atoms. The number of benzene rings is 2. The molecule has 0 aromatic heterocycles. The molecule has 0 radical (unpaired) electrons. The van der Waals surface area contributed by atoms with Crippen LogP contribution in [0.25, 0.3) is 10.6 Å². The molecule has 0 saturated carbocycles. The summed E-state index contributed by atoms with van der Waals surface area (Å²) < 4.78 is 5.35. The number of amides is 3. The summed E-state index contributed by atoms with van der Waals surface area (Å²) in [5.41, 5.74) is 2.99. The lowest BCUT2D eigenvalue weighted by Crippen LogP contribution is -2.30. The number of nitriles is 1. The van der Waals surface area contributed by atoms with Gasteiger partial charge in [-0.05, 0) is 36.9 Å². The van der Waals surface area contributed by atoms with Gasteiger partial charge in [0.1, 0.15) is 5.75 Å². The lowest BCUT2D eigenvalue weighted by molar-refractivity contribution is -0.113. The van der Waals surface area contributed by atoms with E-state index in [0.29, 0.717) is 44.6 Å². The van der Waals surface area contributed by atoms with E-state index in [1.807, 2.05) is 18.4 Å². The molecule has 1 aliphatic rings. The van der Waals surface area contributed by atoms with E-state index in [1.165, 1.54) is 25.9 Å². The number of thioether (sulfide) groups is 1. The van der Waals surface area contributed by atoms with Crippen molar-refractivity contribution in [3.8, 4) is 11.8 Å². The number of ether oxygens (including phenoxy) is 1. The number of dihydropyridines is 1. The summed E-state index contributed by atoms with van der Waals surface area (Å²) in [6, 6.07) is 15.6. The number of anilines is 1. The molecular weight excluding hydrogens is 438 g/mol. The van der Waals surface area contributed by atoms with Gasteiger partial charge in [-0.25, -0.2) is 0 Å². The zero-order valence-electron chi connectivity index (χ0n) is 18.7. The van der Waals surface area contributed by atoms with Crippen molar-refractivity contribution in [2.45, 2.75) is 12.8 Å². The van der Waals surface area contributed by atoms with E-state index in [0.717, 1.165) is 0 Å². The Labute approximate surface area is 197 Å². The van der Waals surface area contributed by atoms with Crippen LogP contribution in [0.3, 0.4) is 0 Å². The number of carbonyl (C=O) groups is 2. The highest BCUT2D eigenvalue weighted by molar-refractivity contribution is 8.02. The van der Waals surface area contributed by atoms with Crippen molar-refractivity contribution in [2.75, 3.05) is 25.7 Å². The number of nitrogens with zero attached hydrogens (tertiary/aromatic N) is 3. The lowest BCUT2D eigenvalue weighted by Gasteiger charge is -2.32. The first-order valence-corrected chi connectivity index (χ1v) is 11.2. The van der Waals surface area contributed by atoms with E-state index in [2.05, 4.69) is 27.3 Å². The van der Waals surface area contributed by atoms with Crippen LogP contribution in [0.4, 0.5) is 16.2 Å². The molecule has 0 saturated heterocycles. The summed E-state index contributed by atoms with van der Waals surface area (Å²) in [5.74, 6) is -0.505. The second-order valence-corrected chi connectivity index (χ2v) is 7.84. The van der Waals surface area contributed by atoms with Crippen molar-refractivity contribution in [3.05, 3.63) is 86.6 Å². The van der Waals surface area contributed by atoms with E-state index in [4.69, 9.17) is 4.74 Å². The fraction of sp³-hybridized carbons (Fsp3) is 0.208. The third kappa shape index (κ3) is 5.13. The summed E-state index contributed by atoms with van der Waals surface area (Å²) >= 11 is 1.39. The van der Waals surface area contributed by atoms with Crippen LogP contribution in [0.2, 0.25) is 0 Å². The summed E-state index contributed by atoms with van der Waals surface area (Å²) in [5, 5.41) is 24.2. The Morgan fingerprint density at radius 1 is 1.21 bits per heavy atom. The van der Waals surface area contributed by atoms with Gasteiger partial charge in [0.2, 0.25) is 0 Å². The van der Waals surface area contributed by atoms with Gasteiger partial charge in [0.15, 0.2) is 0 Å². The normalized spacial score (nSPS) is 15.3. The maximum Gasteiger partial charge on any atom is 0.254 e. The van der Waals surface area contributed by atoms with Crippen LogP contribution >= 0.6 is 11.8 Å². The number of allylic oxidation sites excluding steroid dienone is 2. The minimum atomic E-state index is -0.655. The zero-order valence-corrected chi connectivity index (χ0v) is 19.5. The largest absolute Gasteiger partial charge is 0.672 e. The number of hydrogen-bond acceptors (Lipinski definition) is 6. The van der Waals surface area contributed by atoms with Crippen molar-refractivity contribution in [2.24, 2.45) is 0 Å². The second-order valence-electron chi connectivity index (χ2n) is 7.02. The van der Waals surface area contributed by atoms with Crippen LogP contribution in [0.1, 0.15) is 18.4 Å². The number of urea groups is 1. The highest BCUT2D eigenvalue weighted by Crippen LogP contribution is 2.42. The van der Waals surface area contributed by atoms with Gasteiger partial charge in [-0.15, -0.1) is 24.5 Å². The van der Waals surface area contributed by atoms with Gasteiger partial charge in [-0.2, -0.15) is 5.26 Å². The van der Waals surface area contributed by atoms with Crippen molar-refractivity contribution in [3.63, 3.8) is 0 Å². The van der Waals surface area contributed by atoms with Gasteiger partial charge < -0.3 is 30.8 Å². The van der Waals surface area contributed by atoms with Crippen LogP contribution in [0.15, 0.2) is 70.4 Å². The minimum Gasteiger partial charge on any atom is -0.672 e. The Kier molecular flexibility index (Phi) is 7.64. The molecule has 3 rings (SSSR count). The summed E-state index contributed by atoms with van der Waals surface area (Å²) in [4.78, 5) is 25.2. The highest BCUT2D eigenvalue weighted by Gasteiger charge is 2.34. The zero-order chi connectivity index (χ0) is 24.0. The molecule has 0 bridgehead atoms. The van der Waals surface area contributed by atoms with Crippen molar-refractivity contribution in [1.82, 2.24) is 5.32 Å². The number of carbonyl (C=O) groups excluding carboxylic acids is 2. The maximum absolute atomic E-state index is 13.5. The minimum absolute atomic E-state index is 0.371. The van der Waals surface area contributed by atoms with Gasteiger partial charge in [0.25, 0.3) is 5.91 Å². The molecule has 1 atom stereocenters. The molecule has 8 nitrogen and oxygen atoms in total. The number of methoxy groups -OCH3 is 1. The Bertz CT molecular complexity index is 1180. The van der Waals surface area contributed by atoms with E-state index in [9.17, 15) is 14.9 Å². The van der Waals surface area contributed by atoms with Gasteiger partial charge in [-0.3, -0.25) is 4.79 Å². The molecule has 2 aromatic rings. The maximum atomic E-state index is 13.5. The molecule has 2 N–H and O–H groups in total. The summed E-state index contributed by atoms with van der Waals surface area (Å²) in [6.07, 6.45) is 1.86. The molecule has 1 heterocycles. The van der Waals surface area contributed by atoms with Gasteiger partial charge >= 0.3 is 0 Å². The Morgan fingerprint density at radius 2 is 1.97 bits per heavy atom. The van der Waals surface area contributed by atoms with Crippen molar-refractivity contribution in [1.29, 1.82) is 5.26 Å². The van der Waals surface area contributed by atoms with Gasteiger partial charge in [-0.1, -0.05) is 36.4 Å². The summed E-state index contributed by atoms with van der Waals surface area (Å²) in [7, 11) is 2.90. The number of para-hydroxylation sites is 2. The van der Waals surface area contributed by atoms with Crippen LogP contribution in [-0.2, 0) is 4.79 Å². The first-order chi connectivity index (χ1) is 15.9. The van der Waals surface area contributed by atoms with Crippen LogP contribution in [0, 0.1) is 11.3 Å². The fourth-order valence-corrected chi connectivity index (χ4v) is 4.22. The predicted octanol–water partition coefficient (Wildman–Crippen LogP) is 5.52. The third-order valence-corrected chi connectivity index (χ3v) is 5.80. The monoisotopic (exact) mass is 461 g/mol. The molecule has 3 amide bonds. The first kappa shape index (κ1) is 23.8. The van der Waals surface area contributed by atoms with E-state index in [-0.39, 0.29) is 5.91 Å². The Hall–Kier alpha value is -3.90. The molecule has 0 aliphatic carbocycles. The SMILES string of the molecule is C[N-]C(=O)[N-]c1cccc(C2C(C#N)=C(SC)NC(C)=C2C(=O)Nc2ccccc2OC)c1. The average molecular weight is 462 g/mol. The topological polar surface area (TPSA) is 119 Å². The molecule has 170 valence electrons. The first-order valence-electron chi connectivity index (χ1n) is 9.99. The van der Waals surface area contributed by atoms with Crippen LogP contribution in [-0.4, -0.2) is 32.4 Å². The van der Waals surface area contributed by atoms with Gasteiger partial charge in [0.05, 0.1) is 35.4 Å². The van der Waals surface area contributed by atoms with Crippen LogP contribution < -0.4 is 15.4 Å². The smallest absolute Gasteiger partial charge is 0.254 e. The third-order valence-electron chi connectivity index (χ3n) is 5.07.